The number of benzene rings is 1. The molecule has 1 unspecified atom stereocenters. The Morgan fingerprint density at radius 2 is 2.07 bits per heavy atom. The Morgan fingerprint density at radius 3 is 2.79 bits per heavy atom. The lowest BCUT2D eigenvalue weighted by Crippen LogP contribution is -2.25. The molecule has 0 spiro atoms. The van der Waals surface area contributed by atoms with E-state index < -0.39 is 0 Å². The lowest BCUT2D eigenvalue weighted by Gasteiger charge is -2.23. The quantitative estimate of drug-likeness (QED) is 0.680. The van der Waals surface area contributed by atoms with Gasteiger partial charge >= 0.3 is 0 Å². The summed E-state index contributed by atoms with van der Waals surface area (Å²) in [6.07, 6.45) is 1.89. The molecule has 1 fully saturated rings. The summed E-state index contributed by atoms with van der Waals surface area (Å²) in [6.45, 7) is 0.879. The van der Waals surface area contributed by atoms with E-state index in [1.165, 1.54) is 5.56 Å². The molecule has 2 heteroatoms. The Balaban J connectivity index is 2.16. The van der Waals surface area contributed by atoms with Crippen LogP contribution in [0, 0.1) is 0 Å². The summed E-state index contributed by atoms with van der Waals surface area (Å²) in [5.74, 6) is 2.44. The number of rotatable bonds is 1. The van der Waals surface area contributed by atoms with Crippen LogP contribution in [0.15, 0.2) is 36.0 Å². The first kappa shape index (κ1) is 9.04. The van der Waals surface area contributed by atoms with E-state index >= 15 is 0 Å². The van der Waals surface area contributed by atoms with Crippen molar-refractivity contribution < 1.29 is 4.79 Å². The predicted molar refractivity (Wildman–Crippen MR) is 55.6 cm³/mol. The minimum atomic E-state index is 0.480. The maximum Gasteiger partial charge on any atom is 0.145 e. The van der Waals surface area contributed by atoms with Crippen LogP contribution in [0.3, 0.4) is 0 Å². The van der Waals surface area contributed by atoms with E-state index in [0.29, 0.717) is 11.6 Å². The minimum absolute atomic E-state index is 0.480. The van der Waals surface area contributed by atoms with Gasteiger partial charge < -0.3 is 5.32 Å². The monoisotopic (exact) mass is 187 g/mol. The van der Waals surface area contributed by atoms with Crippen LogP contribution in [-0.2, 0) is 4.79 Å². The van der Waals surface area contributed by atoms with Gasteiger partial charge in [0.2, 0.25) is 0 Å². The molecule has 0 radical (unpaired) electrons. The summed E-state index contributed by atoms with van der Waals surface area (Å²) < 4.78 is 0. The van der Waals surface area contributed by atoms with Crippen molar-refractivity contribution in [3.05, 3.63) is 41.6 Å². The van der Waals surface area contributed by atoms with Gasteiger partial charge in [0.1, 0.15) is 5.94 Å². The molecule has 14 heavy (non-hydrogen) atoms. The van der Waals surface area contributed by atoms with Crippen molar-refractivity contribution in [2.75, 3.05) is 6.54 Å². The molecule has 1 aromatic rings. The summed E-state index contributed by atoms with van der Waals surface area (Å²) in [7, 11) is 0. The van der Waals surface area contributed by atoms with E-state index in [-0.39, 0.29) is 0 Å². The smallest absolute Gasteiger partial charge is 0.145 e. The van der Waals surface area contributed by atoms with Crippen molar-refractivity contribution in [2.24, 2.45) is 0 Å². The largest absolute Gasteiger partial charge is 0.379 e. The van der Waals surface area contributed by atoms with Gasteiger partial charge in [0, 0.05) is 13.0 Å². The fourth-order valence-electron chi connectivity index (χ4n) is 1.91. The average Bonchev–Trinajstić information content (AvgIpc) is 2.30. The fraction of sp³-hybridized carbons (Fsp3) is 0.333. The van der Waals surface area contributed by atoms with Crippen LogP contribution < -0.4 is 5.32 Å². The van der Waals surface area contributed by atoms with Gasteiger partial charge in [-0.25, -0.2) is 4.79 Å². The lowest BCUT2D eigenvalue weighted by atomic mass is 9.89. The Hall–Kier alpha value is -1.53. The number of piperidine rings is 1. The molecule has 1 N–H and O–H groups in total. The highest BCUT2D eigenvalue weighted by Crippen LogP contribution is 2.27. The Kier molecular flexibility index (Phi) is 2.66. The molecule has 1 aliphatic heterocycles. The third-order valence-corrected chi connectivity index (χ3v) is 2.68. The SMILES string of the molecule is O=C=C1CC(c2ccccc2)CCN1. The molecule has 1 aromatic carbocycles. The van der Waals surface area contributed by atoms with Crippen LogP contribution in [0.2, 0.25) is 0 Å². The van der Waals surface area contributed by atoms with Gasteiger partial charge in [0.25, 0.3) is 0 Å². The van der Waals surface area contributed by atoms with E-state index in [9.17, 15) is 4.79 Å². The van der Waals surface area contributed by atoms with Crippen molar-refractivity contribution >= 4 is 5.94 Å². The first-order chi connectivity index (χ1) is 6.90. The Morgan fingerprint density at radius 1 is 1.29 bits per heavy atom. The normalized spacial score (nSPS) is 21.1. The number of hydrogen-bond donors (Lipinski definition) is 1. The maximum atomic E-state index is 10.5. The van der Waals surface area contributed by atoms with Crippen LogP contribution in [-0.4, -0.2) is 12.5 Å². The molecule has 2 nitrogen and oxygen atoms in total. The van der Waals surface area contributed by atoms with Crippen molar-refractivity contribution in [3.8, 4) is 0 Å². The molecular formula is C12H13NO. The standard InChI is InChI=1S/C12H13NO/c14-9-12-8-11(6-7-13-12)10-4-2-1-3-5-10/h1-5,11,13H,6-8H2. The van der Waals surface area contributed by atoms with E-state index in [0.717, 1.165) is 19.4 Å². The van der Waals surface area contributed by atoms with Crippen molar-refractivity contribution in [1.82, 2.24) is 5.32 Å². The maximum absolute atomic E-state index is 10.5. The molecule has 1 aliphatic rings. The van der Waals surface area contributed by atoms with Gasteiger partial charge in [-0.3, -0.25) is 0 Å². The molecule has 0 amide bonds. The van der Waals surface area contributed by atoms with Gasteiger partial charge in [-0.05, 0) is 17.9 Å². The fourth-order valence-corrected chi connectivity index (χ4v) is 1.91. The number of hydrogen-bond acceptors (Lipinski definition) is 2. The van der Waals surface area contributed by atoms with E-state index in [4.69, 9.17) is 0 Å². The summed E-state index contributed by atoms with van der Waals surface area (Å²) in [6, 6.07) is 10.3. The molecule has 0 saturated carbocycles. The predicted octanol–water partition coefficient (Wildman–Crippen LogP) is 1.87. The highest BCUT2D eigenvalue weighted by molar-refractivity contribution is 5.52. The molecule has 0 aliphatic carbocycles. The Labute approximate surface area is 83.6 Å². The second kappa shape index (κ2) is 4.12. The highest BCUT2D eigenvalue weighted by atomic mass is 16.1. The van der Waals surface area contributed by atoms with Crippen molar-refractivity contribution in [3.63, 3.8) is 0 Å². The molecule has 2 rings (SSSR count). The number of carbonyl (C=O) groups excluding carboxylic acids is 1. The number of allylic oxidation sites excluding steroid dienone is 1. The molecular weight excluding hydrogens is 174 g/mol. The minimum Gasteiger partial charge on any atom is -0.379 e. The van der Waals surface area contributed by atoms with Crippen molar-refractivity contribution in [1.29, 1.82) is 0 Å². The van der Waals surface area contributed by atoms with Gasteiger partial charge in [0.15, 0.2) is 0 Å². The van der Waals surface area contributed by atoms with Crippen LogP contribution in [0.25, 0.3) is 0 Å². The Bertz CT molecular complexity index is 352. The van der Waals surface area contributed by atoms with Crippen LogP contribution in [0.5, 0.6) is 0 Å². The summed E-state index contributed by atoms with van der Waals surface area (Å²) >= 11 is 0. The van der Waals surface area contributed by atoms with Gasteiger partial charge in [-0.1, -0.05) is 30.3 Å². The second-order valence-corrected chi connectivity index (χ2v) is 3.61. The topological polar surface area (TPSA) is 29.1 Å². The number of nitrogens with one attached hydrogen (secondary N) is 1. The molecule has 1 saturated heterocycles. The zero-order valence-electron chi connectivity index (χ0n) is 7.99. The first-order valence-corrected chi connectivity index (χ1v) is 4.93. The first-order valence-electron chi connectivity index (χ1n) is 4.93. The van der Waals surface area contributed by atoms with Crippen molar-refractivity contribution in [2.45, 2.75) is 18.8 Å². The second-order valence-electron chi connectivity index (χ2n) is 3.61. The molecule has 1 atom stereocenters. The highest BCUT2D eigenvalue weighted by Gasteiger charge is 2.18. The third-order valence-electron chi connectivity index (χ3n) is 2.68. The van der Waals surface area contributed by atoms with Crippen LogP contribution in [0.1, 0.15) is 24.3 Å². The van der Waals surface area contributed by atoms with Gasteiger partial charge in [-0.2, -0.15) is 0 Å². The lowest BCUT2D eigenvalue weighted by molar-refractivity contribution is 0.508. The molecule has 0 bridgehead atoms. The third kappa shape index (κ3) is 1.86. The van der Waals surface area contributed by atoms with E-state index in [1.807, 2.05) is 24.1 Å². The van der Waals surface area contributed by atoms with E-state index in [2.05, 4.69) is 17.4 Å². The summed E-state index contributed by atoms with van der Waals surface area (Å²) in [4.78, 5) is 10.5. The average molecular weight is 187 g/mol. The van der Waals surface area contributed by atoms with Gasteiger partial charge in [0.05, 0.1) is 5.70 Å². The summed E-state index contributed by atoms with van der Waals surface area (Å²) in [5.41, 5.74) is 2.03. The van der Waals surface area contributed by atoms with Crippen LogP contribution >= 0.6 is 0 Å². The van der Waals surface area contributed by atoms with Gasteiger partial charge in [-0.15, -0.1) is 0 Å². The molecule has 0 aromatic heterocycles. The zero-order valence-corrected chi connectivity index (χ0v) is 7.99. The molecule has 72 valence electrons. The van der Waals surface area contributed by atoms with Crippen LogP contribution in [0.4, 0.5) is 0 Å². The summed E-state index contributed by atoms with van der Waals surface area (Å²) in [5, 5.41) is 3.06. The zero-order chi connectivity index (χ0) is 9.80. The van der Waals surface area contributed by atoms with E-state index in [1.54, 1.807) is 0 Å². The molecule has 1 heterocycles.